The molecule has 1 fully saturated rings. The number of hydrogen-bond acceptors (Lipinski definition) is 3. The summed E-state index contributed by atoms with van der Waals surface area (Å²) in [5.74, 6) is 0. The van der Waals surface area contributed by atoms with Crippen LogP contribution in [0.2, 0.25) is 0 Å². The highest BCUT2D eigenvalue weighted by atomic mass is 32.1. The summed E-state index contributed by atoms with van der Waals surface area (Å²) in [7, 11) is 0. The van der Waals surface area contributed by atoms with Gasteiger partial charge in [-0.25, -0.2) is 0 Å². The molecule has 1 aliphatic carbocycles. The SMILES string of the molecule is OCC1(CNCCc2ccsc2)CCCCC1. The second-order valence-electron chi connectivity index (χ2n) is 5.28. The Hall–Kier alpha value is -0.380. The minimum Gasteiger partial charge on any atom is -0.396 e. The molecule has 0 atom stereocenters. The van der Waals surface area contributed by atoms with Crippen molar-refractivity contribution < 1.29 is 5.11 Å². The van der Waals surface area contributed by atoms with Crippen molar-refractivity contribution in [3.05, 3.63) is 22.4 Å². The summed E-state index contributed by atoms with van der Waals surface area (Å²) in [5, 5.41) is 17.5. The van der Waals surface area contributed by atoms with Gasteiger partial charge in [-0.15, -0.1) is 0 Å². The number of nitrogens with one attached hydrogen (secondary N) is 1. The molecule has 2 nitrogen and oxygen atoms in total. The van der Waals surface area contributed by atoms with E-state index in [2.05, 4.69) is 22.1 Å². The highest BCUT2D eigenvalue weighted by Gasteiger charge is 2.30. The summed E-state index contributed by atoms with van der Waals surface area (Å²) in [6.07, 6.45) is 7.39. The summed E-state index contributed by atoms with van der Waals surface area (Å²) in [6, 6.07) is 2.19. The van der Waals surface area contributed by atoms with E-state index in [1.54, 1.807) is 11.3 Å². The van der Waals surface area contributed by atoms with E-state index in [1.807, 2.05) is 0 Å². The summed E-state index contributed by atoms with van der Waals surface area (Å²) >= 11 is 1.76. The Balaban J connectivity index is 1.69. The van der Waals surface area contributed by atoms with Crippen LogP contribution in [0.15, 0.2) is 16.8 Å². The first kappa shape index (κ1) is 13.1. The van der Waals surface area contributed by atoms with Gasteiger partial charge in [0.05, 0.1) is 0 Å². The highest BCUT2D eigenvalue weighted by Crippen LogP contribution is 2.35. The number of aliphatic hydroxyl groups is 1. The number of hydrogen-bond donors (Lipinski definition) is 2. The molecule has 1 aromatic rings. The molecule has 3 heteroatoms. The fourth-order valence-electron chi connectivity index (χ4n) is 2.71. The maximum Gasteiger partial charge on any atom is 0.0499 e. The van der Waals surface area contributed by atoms with E-state index in [0.717, 1.165) is 19.5 Å². The minimum atomic E-state index is 0.174. The molecule has 17 heavy (non-hydrogen) atoms. The quantitative estimate of drug-likeness (QED) is 0.764. The third kappa shape index (κ3) is 3.80. The second kappa shape index (κ2) is 6.53. The lowest BCUT2D eigenvalue weighted by atomic mass is 9.74. The van der Waals surface area contributed by atoms with E-state index >= 15 is 0 Å². The fourth-order valence-corrected chi connectivity index (χ4v) is 3.42. The topological polar surface area (TPSA) is 32.3 Å². The Morgan fingerprint density at radius 3 is 2.76 bits per heavy atom. The van der Waals surface area contributed by atoms with Gasteiger partial charge in [0.2, 0.25) is 0 Å². The van der Waals surface area contributed by atoms with Gasteiger partial charge in [-0.05, 0) is 48.2 Å². The predicted molar refractivity (Wildman–Crippen MR) is 73.5 cm³/mol. The maximum absolute atomic E-state index is 9.59. The van der Waals surface area contributed by atoms with Crippen molar-refractivity contribution in [1.29, 1.82) is 0 Å². The lowest BCUT2D eigenvalue weighted by molar-refractivity contribution is 0.0816. The lowest BCUT2D eigenvalue weighted by Gasteiger charge is -2.35. The van der Waals surface area contributed by atoms with Gasteiger partial charge in [0.15, 0.2) is 0 Å². The number of thiophene rings is 1. The molecule has 0 amide bonds. The van der Waals surface area contributed by atoms with Gasteiger partial charge in [-0.1, -0.05) is 19.3 Å². The molecule has 0 bridgehead atoms. The van der Waals surface area contributed by atoms with Crippen molar-refractivity contribution in [2.75, 3.05) is 19.7 Å². The van der Waals surface area contributed by atoms with Crippen molar-refractivity contribution in [3.8, 4) is 0 Å². The van der Waals surface area contributed by atoms with Gasteiger partial charge >= 0.3 is 0 Å². The molecule has 1 saturated carbocycles. The zero-order chi connectivity index (χ0) is 12.0. The average Bonchev–Trinajstić information content (AvgIpc) is 2.89. The van der Waals surface area contributed by atoms with Crippen LogP contribution in [0.3, 0.4) is 0 Å². The molecule has 1 heterocycles. The molecular formula is C14H23NOS. The Morgan fingerprint density at radius 1 is 1.29 bits per heavy atom. The van der Waals surface area contributed by atoms with Crippen molar-refractivity contribution >= 4 is 11.3 Å². The zero-order valence-corrected chi connectivity index (χ0v) is 11.3. The van der Waals surface area contributed by atoms with Crippen LogP contribution in [0.4, 0.5) is 0 Å². The highest BCUT2D eigenvalue weighted by molar-refractivity contribution is 7.07. The molecule has 0 aromatic carbocycles. The largest absolute Gasteiger partial charge is 0.396 e. The molecule has 0 unspecified atom stereocenters. The molecule has 2 N–H and O–H groups in total. The standard InChI is InChI=1S/C14H23NOS/c16-12-14(6-2-1-3-7-14)11-15-8-4-13-5-9-17-10-13/h5,9-10,15-16H,1-4,6-8,11-12H2. The molecule has 1 aliphatic rings. The van der Waals surface area contributed by atoms with Crippen LogP contribution in [-0.4, -0.2) is 24.8 Å². The number of rotatable bonds is 6. The van der Waals surface area contributed by atoms with Crippen LogP contribution in [-0.2, 0) is 6.42 Å². The van der Waals surface area contributed by atoms with Crippen LogP contribution in [0.1, 0.15) is 37.7 Å². The Kier molecular flexibility index (Phi) is 5.01. The van der Waals surface area contributed by atoms with Gasteiger partial charge < -0.3 is 10.4 Å². The molecule has 0 aliphatic heterocycles. The second-order valence-corrected chi connectivity index (χ2v) is 6.06. The lowest BCUT2D eigenvalue weighted by Crippen LogP contribution is -2.39. The monoisotopic (exact) mass is 253 g/mol. The third-order valence-electron chi connectivity index (χ3n) is 3.92. The molecule has 2 rings (SSSR count). The maximum atomic E-state index is 9.59. The fraction of sp³-hybridized carbons (Fsp3) is 0.714. The van der Waals surface area contributed by atoms with E-state index in [0.29, 0.717) is 6.61 Å². The molecule has 1 aromatic heterocycles. The van der Waals surface area contributed by atoms with Crippen LogP contribution in [0.25, 0.3) is 0 Å². The first-order chi connectivity index (χ1) is 8.35. The first-order valence-corrected chi connectivity index (χ1v) is 7.62. The summed E-state index contributed by atoms with van der Waals surface area (Å²) in [6.45, 7) is 2.35. The van der Waals surface area contributed by atoms with E-state index in [-0.39, 0.29) is 5.41 Å². The van der Waals surface area contributed by atoms with Crippen LogP contribution < -0.4 is 5.32 Å². The average molecular weight is 253 g/mol. The molecule has 96 valence electrons. The minimum absolute atomic E-state index is 0.174. The van der Waals surface area contributed by atoms with E-state index in [4.69, 9.17) is 0 Å². The summed E-state index contributed by atoms with van der Waals surface area (Å²) in [5.41, 5.74) is 1.59. The van der Waals surface area contributed by atoms with Crippen LogP contribution in [0.5, 0.6) is 0 Å². The van der Waals surface area contributed by atoms with E-state index in [1.165, 1.54) is 37.7 Å². The van der Waals surface area contributed by atoms with Gasteiger partial charge in [0, 0.05) is 18.6 Å². The Labute approximate surface area is 108 Å². The number of aliphatic hydroxyl groups excluding tert-OH is 1. The van der Waals surface area contributed by atoms with Gasteiger partial charge in [0.25, 0.3) is 0 Å². The van der Waals surface area contributed by atoms with Crippen LogP contribution >= 0.6 is 11.3 Å². The molecule has 0 radical (unpaired) electrons. The van der Waals surface area contributed by atoms with E-state index < -0.39 is 0 Å². The zero-order valence-electron chi connectivity index (χ0n) is 10.5. The van der Waals surface area contributed by atoms with E-state index in [9.17, 15) is 5.11 Å². The normalized spacial score (nSPS) is 19.4. The summed E-state index contributed by atoms with van der Waals surface area (Å²) in [4.78, 5) is 0. The third-order valence-corrected chi connectivity index (χ3v) is 4.65. The molecule has 0 spiro atoms. The molecule has 0 saturated heterocycles. The van der Waals surface area contributed by atoms with Crippen LogP contribution in [0, 0.1) is 5.41 Å². The predicted octanol–water partition coefficient (Wildman–Crippen LogP) is 2.82. The van der Waals surface area contributed by atoms with Gasteiger partial charge in [0.1, 0.15) is 0 Å². The molecular weight excluding hydrogens is 230 g/mol. The van der Waals surface area contributed by atoms with Gasteiger partial charge in [-0.2, -0.15) is 11.3 Å². The van der Waals surface area contributed by atoms with Crippen molar-refractivity contribution in [1.82, 2.24) is 5.32 Å². The Bertz CT molecular complexity index is 304. The summed E-state index contributed by atoms with van der Waals surface area (Å²) < 4.78 is 0. The van der Waals surface area contributed by atoms with Crippen molar-refractivity contribution in [2.45, 2.75) is 38.5 Å². The first-order valence-electron chi connectivity index (χ1n) is 6.67. The smallest absolute Gasteiger partial charge is 0.0499 e. The van der Waals surface area contributed by atoms with Gasteiger partial charge in [-0.3, -0.25) is 0 Å². The van der Waals surface area contributed by atoms with Crippen molar-refractivity contribution in [3.63, 3.8) is 0 Å². The van der Waals surface area contributed by atoms with Crippen molar-refractivity contribution in [2.24, 2.45) is 5.41 Å². The Morgan fingerprint density at radius 2 is 2.12 bits per heavy atom.